The highest BCUT2D eigenvalue weighted by atomic mass is 79.9. The van der Waals surface area contributed by atoms with Crippen molar-refractivity contribution in [1.82, 2.24) is 5.32 Å². The summed E-state index contributed by atoms with van der Waals surface area (Å²) in [5.74, 6) is 0.939. The zero-order valence-corrected chi connectivity index (χ0v) is 14.2. The summed E-state index contributed by atoms with van der Waals surface area (Å²) in [5, 5.41) is 3.55. The Hall–Kier alpha value is -1.32. The van der Waals surface area contributed by atoms with Crippen molar-refractivity contribution in [3.8, 4) is 5.75 Å². The van der Waals surface area contributed by atoms with Gasteiger partial charge >= 0.3 is 0 Å². The van der Waals surface area contributed by atoms with Gasteiger partial charge in [0.2, 0.25) is 0 Å². The van der Waals surface area contributed by atoms with Crippen LogP contribution < -0.4 is 10.1 Å². The van der Waals surface area contributed by atoms with E-state index in [-0.39, 0.29) is 6.04 Å². The topological polar surface area (TPSA) is 21.3 Å². The predicted molar refractivity (Wildman–Crippen MR) is 91.9 cm³/mol. The monoisotopic (exact) mass is 347 g/mol. The normalized spacial score (nSPS) is 12.1. The van der Waals surface area contributed by atoms with E-state index in [1.807, 2.05) is 6.07 Å². The fourth-order valence-electron chi connectivity index (χ4n) is 2.29. The van der Waals surface area contributed by atoms with E-state index in [4.69, 9.17) is 4.74 Å². The van der Waals surface area contributed by atoms with Crippen LogP contribution in [0.3, 0.4) is 0 Å². The van der Waals surface area contributed by atoms with Gasteiger partial charge in [0.15, 0.2) is 0 Å². The molecule has 0 heterocycles. The fraction of sp³-hybridized carbons (Fsp3) is 0.333. The molecule has 21 heavy (non-hydrogen) atoms. The minimum absolute atomic E-state index is 0.188. The Morgan fingerprint density at radius 2 is 1.81 bits per heavy atom. The molecule has 1 atom stereocenters. The first kappa shape index (κ1) is 16.1. The first-order valence-electron chi connectivity index (χ1n) is 7.46. The summed E-state index contributed by atoms with van der Waals surface area (Å²) in [6.45, 7) is 5.92. The Morgan fingerprint density at radius 1 is 1.05 bits per heavy atom. The van der Waals surface area contributed by atoms with Crippen molar-refractivity contribution in [1.29, 1.82) is 0 Å². The number of halogens is 1. The summed E-state index contributed by atoms with van der Waals surface area (Å²) in [6, 6.07) is 17.0. The molecule has 0 aliphatic heterocycles. The second-order valence-corrected chi connectivity index (χ2v) is 5.88. The van der Waals surface area contributed by atoms with E-state index in [9.17, 15) is 0 Å². The summed E-state index contributed by atoms with van der Waals surface area (Å²) >= 11 is 3.49. The third-order valence-corrected chi connectivity index (χ3v) is 3.80. The molecule has 2 rings (SSSR count). The van der Waals surface area contributed by atoms with Gasteiger partial charge < -0.3 is 10.1 Å². The van der Waals surface area contributed by atoms with Gasteiger partial charge in [-0.1, -0.05) is 54.0 Å². The standard InChI is InChI=1S/C18H22BrNO/c1-3-12-21-17-7-5-6-15(13-17)18(20-4-2)14-8-10-16(19)11-9-14/h5-11,13,18,20H,3-4,12H2,1-2H3. The van der Waals surface area contributed by atoms with E-state index in [0.717, 1.165) is 29.8 Å². The van der Waals surface area contributed by atoms with Crippen molar-refractivity contribution in [3.05, 3.63) is 64.1 Å². The Bertz CT molecular complexity index is 553. The lowest BCUT2D eigenvalue weighted by molar-refractivity contribution is 0.317. The zero-order chi connectivity index (χ0) is 15.1. The van der Waals surface area contributed by atoms with Gasteiger partial charge in [-0.15, -0.1) is 0 Å². The van der Waals surface area contributed by atoms with Crippen molar-refractivity contribution in [3.63, 3.8) is 0 Å². The van der Waals surface area contributed by atoms with E-state index >= 15 is 0 Å². The molecule has 0 aromatic heterocycles. The molecule has 0 aliphatic carbocycles. The Morgan fingerprint density at radius 3 is 2.48 bits per heavy atom. The van der Waals surface area contributed by atoms with E-state index in [1.54, 1.807) is 0 Å². The van der Waals surface area contributed by atoms with Gasteiger partial charge in [-0.25, -0.2) is 0 Å². The lowest BCUT2D eigenvalue weighted by Gasteiger charge is -2.20. The minimum atomic E-state index is 0.188. The van der Waals surface area contributed by atoms with E-state index in [0.29, 0.717) is 0 Å². The van der Waals surface area contributed by atoms with Crippen LogP contribution in [-0.4, -0.2) is 13.2 Å². The molecule has 2 aromatic rings. The van der Waals surface area contributed by atoms with E-state index in [1.165, 1.54) is 11.1 Å². The maximum absolute atomic E-state index is 5.74. The van der Waals surface area contributed by atoms with Crippen LogP contribution in [0.1, 0.15) is 37.4 Å². The van der Waals surface area contributed by atoms with Crippen molar-refractivity contribution in [2.75, 3.05) is 13.2 Å². The predicted octanol–water partition coefficient (Wildman–Crippen LogP) is 4.94. The van der Waals surface area contributed by atoms with E-state index in [2.05, 4.69) is 77.6 Å². The molecule has 2 nitrogen and oxygen atoms in total. The maximum Gasteiger partial charge on any atom is 0.119 e. The quantitative estimate of drug-likeness (QED) is 0.765. The maximum atomic E-state index is 5.74. The molecule has 3 heteroatoms. The van der Waals surface area contributed by atoms with Crippen LogP contribution in [0.5, 0.6) is 5.75 Å². The van der Waals surface area contributed by atoms with Crippen molar-refractivity contribution in [2.24, 2.45) is 0 Å². The van der Waals surface area contributed by atoms with Gasteiger partial charge in [0.1, 0.15) is 5.75 Å². The van der Waals surface area contributed by atoms with Crippen LogP contribution in [0, 0.1) is 0 Å². The molecule has 0 aliphatic rings. The molecule has 0 saturated heterocycles. The van der Waals surface area contributed by atoms with Crippen LogP contribution in [0.15, 0.2) is 53.0 Å². The molecule has 0 radical (unpaired) electrons. The SMILES string of the molecule is CCCOc1cccc(C(NCC)c2ccc(Br)cc2)c1. The third-order valence-electron chi connectivity index (χ3n) is 3.28. The van der Waals surface area contributed by atoms with Gasteiger partial charge in [-0.05, 0) is 48.4 Å². The highest BCUT2D eigenvalue weighted by molar-refractivity contribution is 9.10. The summed E-state index contributed by atoms with van der Waals surface area (Å²) < 4.78 is 6.84. The smallest absolute Gasteiger partial charge is 0.119 e. The van der Waals surface area contributed by atoms with Crippen molar-refractivity contribution in [2.45, 2.75) is 26.3 Å². The Labute approximate surface area is 135 Å². The fourth-order valence-corrected chi connectivity index (χ4v) is 2.56. The average Bonchev–Trinajstić information content (AvgIpc) is 2.52. The van der Waals surface area contributed by atoms with Crippen LogP contribution in [-0.2, 0) is 0 Å². The van der Waals surface area contributed by atoms with Gasteiger partial charge in [0, 0.05) is 4.47 Å². The van der Waals surface area contributed by atoms with Gasteiger partial charge in [0.05, 0.1) is 12.6 Å². The lowest BCUT2D eigenvalue weighted by atomic mass is 9.98. The summed E-state index contributed by atoms with van der Waals surface area (Å²) in [6.07, 6.45) is 1.02. The molecule has 1 N–H and O–H groups in total. The Kier molecular flexibility index (Phi) is 6.27. The molecule has 0 saturated carbocycles. The largest absolute Gasteiger partial charge is 0.494 e. The second kappa shape index (κ2) is 8.20. The first-order valence-corrected chi connectivity index (χ1v) is 8.25. The molecule has 112 valence electrons. The molecule has 2 aromatic carbocycles. The average molecular weight is 348 g/mol. The van der Waals surface area contributed by atoms with Crippen LogP contribution >= 0.6 is 15.9 Å². The number of hydrogen-bond acceptors (Lipinski definition) is 2. The molecular formula is C18H22BrNO. The molecule has 0 spiro atoms. The number of hydrogen-bond donors (Lipinski definition) is 1. The zero-order valence-electron chi connectivity index (χ0n) is 12.6. The van der Waals surface area contributed by atoms with Crippen molar-refractivity contribution >= 4 is 15.9 Å². The lowest BCUT2D eigenvalue weighted by Crippen LogP contribution is -2.22. The summed E-state index contributed by atoms with van der Waals surface area (Å²) in [4.78, 5) is 0. The number of rotatable bonds is 7. The minimum Gasteiger partial charge on any atom is -0.494 e. The highest BCUT2D eigenvalue weighted by Crippen LogP contribution is 2.26. The van der Waals surface area contributed by atoms with Crippen LogP contribution in [0.2, 0.25) is 0 Å². The van der Waals surface area contributed by atoms with Crippen LogP contribution in [0.25, 0.3) is 0 Å². The molecular weight excluding hydrogens is 326 g/mol. The molecule has 0 amide bonds. The second-order valence-electron chi connectivity index (χ2n) is 4.96. The van der Waals surface area contributed by atoms with Gasteiger partial charge in [-0.2, -0.15) is 0 Å². The number of benzene rings is 2. The van der Waals surface area contributed by atoms with Crippen LogP contribution in [0.4, 0.5) is 0 Å². The Balaban J connectivity index is 2.27. The summed E-state index contributed by atoms with van der Waals surface area (Å²) in [7, 11) is 0. The summed E-state index contributed by atoms with van der Waals surface area (Å²) in [5.41, 5.74) is 2.49. The number of ether oxygens (including phenoxy) is 1. The number of nitrogens with one attached hydrogen (secondary N) is 1. The molecule has 0 fully saturated rings. The first-order chi connectivity index (χ1) is 10.2. The van der Waals surface area contributed by atoms with Gasteiger partial charge in [0.25, 0.3) is 0 Å². The highest BCUT2D eigenvalue weighted by Gasteiger charge is 2.13. The third kappa shape index (κ3) is 4.58. The molecule has 1 unspecified atom stereocenters. The van der Waals surface area contributed by atoms with E-state index < -0.39 is 0 Å². The molecule has 0 bridgehead atoms. The van der Waals surface area contributed by atoms with Gasteiger partial charge in [-0.3, -0.25) is 0 Å². The van der Waals surface area contributed by atoms with Crippen molar-refractivity contribution < 1.29 is 4.74 Å².